The van der Waals surface area contributed by atoms with Crippen LogP contribution in [0.4, 0.5) is 5.69 Å². The highest BCUT2D eigenvalue weighted by Gasteiger charge is 2.34. The Bertz CT molecular complexity index is 471. The third-order valence-corrected chi connectivity index (χ3v) is 4.08. The Balaban J connectivity index is 2.02. The topological polar surface area (TPSA) is 64.3 Å². The van der Waals surface area contributed by atoms with E-state index in [9.17, 15) is 4.79 Å². The van der Waals surface area contributed by atoms with Crippen molar-refractivity contribution in [2.24, 2.45) is 11.1 Å². The Labute approximate surface area is 120 Å². The van der Waals surface area contributed by atoms with Crippen molar-refractivity contribution >= 4 is 11.6 Å². The van der Waals surface area contributed by atoms with E-state index < -0.39 is 0 Å². The third-order valence-electron chi connectivity index (χ3n) is 4.08. The fraction of sp³-hybridized carbons (Fsp3) is 0.562. The molecule has 20 heavy (non-hydrogen) atoms. The highest BCUT2D eigenvalue weighted by Crippen LogP contribution is 2.40. The Hall–Kier alpha value is -1.71. The maximum Gasteiger partial charge on any atom is 0.220 e. The summed E-state index contributed by atoms with van der Waals surface area (Å²) in [5, 5.41) is 3.60. The average Bonchev–Trinajstić information content (AvgIpc) is 2.70. The van der Waals surface area contributed by atoms with Crippen molar-refractivity contribution < 1.29 is 9.53 Å². The van der Waals surface area contributed by atoms with Crippen LogP contribution in [0.25, 0.3) is 0 Å². The lowest BCUT2D eigenvalue weighted by Gasteiger charge is -2.29. The molecule has 1 aliphatic carbocycles. The van der Waals surface area contributed by atoms with Crippen LogP contribution < -0.4 is 15.8 Å². The number of carbonyl (C=O) groups excluding carboxylic acids is 1. The van der Waals surface area contributed by atoms with Gasteiger partial charge in [-0.25, -0.2) is 0 Å². The molecule has 0 aliphatic heterocycles. The zero-order valence-corrected chi connectivity index (χ0v) is 12.3. The molecule has 0 aromatic heterocycles. The summed E-state index contributed by atoms with van der Waals surface area (Å²) in [7, 11) is 0. The maximum absolute atomic E-state index is 10.8. The van der Waals surface area contributed by atoms with Crippen LogP contribution in [0.2, 0.25) is 0 Å². The molecule has 1 amide bonds. The van der Waals surface area contributed by atoms with Gasteiger partial charge in [0.25, 0.3) is 0 Å². The largest absolute Gasteiger partial charge is 0.491 e. The van der Waals surface area contributed by atoms with Gasteiger partial charge < -0.3 is 15.8 Å². The minimum absolute atomic E-state index is 0.239. The minimum atomic E-state index is -0.340. The van der Waals surface area contributed by atoms with E-state index in [0.29, 0.717) is 18.1 Å². The van der Waals surface area contributed by atoms with Crippen LogP contribution in [0.5, 0.6) is 5.75 Å². The van der Waals surface area contributed by atoms with Gasteiger partial charge in [0.1, 0.15) is 5.75 Å². The number of ether oxygens (including phenoxy) is 1. The van der Waals surface area contributed by atoms with Crippen molar-refractivity contribution in [2.75, 3.05) is 11.9 Å². The molecule has 1 saturated carbocycles. The van der Waals surface area contributed by atoms with Crippen molar-refractivity contribution in [3.8, 4) is 5.75 Å². The van der Waals surface area contributed by atoms with Gasteiger partial charge in [0.2, 0.25) is 5.91 Å². The molecule has 0 spiro atoms. The van der Waals surface area contributed by atoms with Crippen LogP contribution in [-0.2, 0) is 4.79 Å². The van der Waals surface area contributed by atoms with Crippen molar-refractivity contribution in [1.29, 1.82) is 0 Å². The molecular formula is C16H24N2O2. The van der Waals surface area contributed by atoms with Gasteiger partial charge in [-0.3, -0.25) is 4.79 Å². The molecule has 0 radical (unpaired) electrons. The molecule has 110 valence electrons. The van der Waals surface area contributed by atoms with Gasteiger partial charge in [0.15, 0.2) is 0 Å². The molecule has 1 aliphatic rings. The second-order valence-corrected chi connectivity index (χ2v) is 6.14. The molecule has 1 unspecified atom stereocenters. The first-order valence-corrected chi connectivity index (χ1v) is 7.26. The molecule has 1 aromatic carbocycles. The summed E-state index contributed by atoms with van der Waals surface area (Å²) < 4.78 is 5.66. The number of anilines is 1. The Morgan fingerprint density at radius 2 is 2.20 bits per heavy atom. The van der Waals surface area contributed by atoms with Crippen LogP contribution >= 0.6 is 0 Å². The molecule has 4 nitrogen and oxygen atoms in total. The average molecular weight is 276 g/mol. The standard InChI is InChI=1S/C16H24N2O2/c1-16(2)10-5-8-14(16)18-12-6-3-4-7-13(12)20-11-9-15(17)19/h3-4,6-7,14,18H,5,8-11H2,1-2H3,(H2,17,19). The number of para-hydroxylation sites is 2. The number of benzene rings is 1. The van der Waals surface area contributed by atoms with E-state index in [1.54, 1.807) is 0 Å². The van der Waals surface area contributed by atoms with E-state index in [1.165, 1.54) is 19.3 Å². The fourth-order valence-electron chi connectivity index (χ4n) is 2.76. The van der Waals surface area contributed by atoms with E-state index in [0.717, 1.165) is 11.4 Å². The van der Waals surface area contributed by atoms with Crippen LogP contribution in [0.1, 0.15) is 39.5 Å². The fourth-order valence-corrected chi connectivity index (χ4v) is 2.76. The van der Waals surface area contributed by atoms with Crippen LogP contribution in [0, 0.1) is 5.41 Å². The normalized spacial score (nSPS) is 20.6. The number of nitrogens with one attached hydrogen (secondary N) is 1. The monoisotopic (exact) mass is 276 g/mol. The van der Waals surface area contributed by atoms with Crippen LogP contribution in [0.3, 0.4) is 0 Å². The van der Waals surface area contributed by atoms with Gasteiger partial charge in [0, 0.05) is 6.04 Å². The predicted molar refractivity (Wildman–Crippen MR) is 80.8 cm³/mol. The van der Waals surface area contributed by atoms with E-state index in [4.69, 9.17) is 10.5 Å². The molecule has 3 N–H and O–H groups in total. The minimum Gasteiger partial charge on any atom is -0.491 e. The van der Waals surface area contributed by atoms with Gasteiger partial charge >= 0.3 is 0 Å². The second-order valence-electron chi connectivity index (χ2n) is 6.14. The van der Waals surface area contributed by atoms with Crippen molar-refractivity contribution in [2.45, 2.75) is 45.6 Å². The lowest BCUT2D eigenvalue weighted by molar-refractivity contribution is -0.118. The molecule has 4 heteroatoms. The van der Waals surface area contributed by atoms with Gasteiger partial charge in [0.05, 0.1) is 18.7 Å². The number of hydrogen-bond donors (Lipinski definition) is 2. The Kier molecular flexibility index (Phi) is 4.53. The Morgan fingerprint density at radius 1 is 1.45 bits per heavy atom. The number of rotatable bonds is 6. The molecule has 0 saturated heterocycles. The first-order chi connectivity index (χ1) is 9.49. The second kappa shape index (κ2) is 6.16. The van der Waals surface area contributed by atoms with E-state index >= 15 is 0 Å². The zero-order valence-electron chi connectivity index (χ0n) is 12.3. The summed E-state index contributed by atoms with van der Waals surface area (Å²) in [5.74, 6) is 0.448. The van der Waals surface area contributed by atoms with Gasteiger partial charge in [-0.1, -0.05) is 32.4 Å². The van der Waals surface area contributed by atoms with Crippen molar-refractivity contribution in [1.82, 2.24) is 0 Å². The molecule has 1 aromatic rings. The van der Waals surface area contributed by atoms with Crippen LogP contribution in [-0.4, -0.2) is 18.6 Å². The molecule has 0 bridgehead atoms. The Morgan fingerprint density at radius 3 is 2.85 bits per heavy atom. The maximum atomic E-state index is 10.8. The number of carbonyl (C=O) groups is 1. The number of primary amides is 1. The first-order valence-electron chi connectivity index (χ1n) is 7.26. The summed E-state index contributed by atoms with van der Waals surface area (Å²) >= 11 is 0. The smallest absolute Gasteiger partial charge is 0.220 e. The first kappa shape index (κ1) is 14.7. The molecule has 1 fully saturated rings. The summed E-state index contributed by atoms with van der Waals surface area (Å²) in [4.78, 5) is 10.8. The summed E-state index contributed by atoms with van der Waals surface area (Å²) in [6.45, 7) is 4.92. The third kappa shape index (κ3) is 3.65. The van der Waals surface area contributed by atoms with Gasteiger partial charge in [-0.2, -0.15) is 0 Å². The van der Waals surface area contributed by atoms with Crippen molar-refractivity contribution in [3.63, 3.8) is 0 Å². The summed E-state index contributed by atoms with van der Waals surface area (Å²) in [6, 6.07) is 8.33. The highest BCUT2D eigenvalue weighted by molar-refractivity contribution is 5.73. The predicted octanol–water partition coefficient (Wildman–Crippen LogP) is 2.93. The SMILES string of the molecule is CC1(C)CCCC1Nc1ccccc1OCCC(N)=O. The van der Waals surface area contributed by atoms with E-state index in [-0.39, 0.29) is 12.3 Å². The molecule has 0 heterocycles. The summed E-state index contributed by atoms with van der Waals surface area (Å²) in [5.41, 5.74) is 6.43. The lowest BCUT2D eigenvalue weighted by Crippen LogP contribution is -2.31. The van der Waals surface area contributed by atoms with Crippen molar-refractivity contribution in [3.05, 3.63) is 24.3 Å². The lowest BCUT2D eigenvalue weighted by atomic mass is 9.87. The van der Waals surface area contributed by atoms with Gasteiger partial charge in [-0.05, 0) is 30.4 Å². The quantitative estimate of drug-likeness (QED) is 0.839. The van der Waals surface area contributed by atoms with E-state index in [2.05, 4.69) is 19.2 Å². The van der Waals surface area contributed by atoms with Gasteiger partial charge in [-0.15, -0.1) is 0 Å². The number of hydrogen-bond acceptors (Lipinski definition) is 3. The molecule has 1 atom stereocenters. The highest BCUT2D eigenvalue weighted by atomic mass is 16.5. The van der Waals surface area contributed by atoms with E-state index in [1.807, 2.05) is 24.3 Å². The van der Waals surface area contributed by atoms with Crippen LogP contribution in [0.15, 0.2) is 24.3 Å². The summed E-state index contributed by atoms with van der Waals surface area (Å²) in [6.07, 6.45) is 3.93. The molecular weight excluding hydrogens is 252 g/mol. The number of nitrogens with two attached hydrogens (primary N) is 1. The molecule has 2 rings (SSSR count). The number of amides is 1. The zero-order chi connectivity index (χ0) is 14.6.